The summed E-state index contributed by atoms with van der Waals surface area (Å²) in [6, 6.07) is 4.28. The molecule has 0 aliphatic heterocycles. The summed E-state index contributed by atoms with van der Waals surface area (Å²) < 4.78 is 48.6. The quantitative estimate of drug-likeness (QED) is 0.122. The fourth-order valence-corrected chi connectivity index (χ4v) is 2.78. The van der Waals surface area contributed by atoms with Gasteiger partial charge in [0.1, 0.15) is 17.1 Å². The van der Waals surface area contributed by atoms with Crippen LogP contribution in [0.25, 0.3) is 0 Å². The van der Waals surface area contributed by atoms with E-state index in [4.69, 9.17) is 44.3 Å². The van der Waals surface area contributed by atoms with E-state index in [9.17, 15) is 42.8 Å². The highest BCUT2D eigenvalue weighted by molar-refractivity contribution is 6.67. The molecule has 36 heavy (non-hydrogen) atoms. The second-order valence-electron chi connectivity index (χ2n) is 6.60. The van der Waals surface area contributed by atoms with Crippen molar-refractivity contribution in [2.75, 3.05) is 12.5 Å². The molecule has 0 saturated carbocycles. The lowest BCUT2D eigenvalue weighted by molar-refractivity contribution is -0.385. The largest absolute Gasteiger partial charge is 0.477 e. The summed E-state index contributed by atoms with van der Waals surface area (Å²) in [5.41, 5.74) is -2.54. The Balaban J connectivity index is 0.00000118. The second kappa shape index (κ2) is 13.9. The zero-order chi connectivity index (χ0) is 27.6. The van der Waals surface area contributed by atoms with Crippen LogP contribution >= 0.6 is 34.8 Å². The van der Waals surface area contributed by atoms with Crippen LogP contribution in [0, 0.1) is 10.1 Å². The number of alkyl halides is 4. The van der Waals surface area contributed by atoms with Gasteiger partial charge in [-0.3, -0.25) is 19.7 Å². The first-order chi connectivity index (χ1) is 16.7. The number of hydrogen-bond acceptors (Lipinski definition) is 7. The fraction of sp³-hybridized carbons (Fsp3) is 0.286. The van der Waals surface area contributed by atoms with Gasteiger partial charge in [-0.2, -0.15) is 13.2 Å². The lowest BCUT2D eigenvalue weighted by atomic mass is 10.0. The van der Waals surface area contributed by atoms with E-state index < -0.39 is 50.1 Å². The molecule has 0 aliphatic rings. The fourth-order valence-electron chi connectivity index (χ4n) is 2.56. The van der Waals surface area contributed by atoms with Crippen LogP contribution in [0.1, 0.15) is 34.8 Å². The predicted molar refractivity (Wildman–Crippen MR) is 123 cm³/mol. The van der Waals surface area contributed by atoms with E-state index in [1.807, 2.05) is 0 Å². The molecule has 0 aliphatic carbocycles. The third-order valence-electron chi connectivity index (χ3n) is 4.09. The number of aromatic carboxylic acids is 1. The second-order valence-corrected chi connectivity index (χ2v) is 7.69. The molecular weight excluding hydrogens is 558 g/mol. The van der Waals surface area contributed by atoms with Crippen molar-refractivity contribution in [2.24, 2.45) is 0 Å². The number of nitrogens with zero attached hydrogens (tertiary/aromatic N) is 1. The van der Waals surface area contributed by atoms with Crippen molar-refractivity contribution in [1.29, 1.82) is 0 Å². The van der Waals surface area contributed by atoms with E-state index in [1.54, 1.807) is 6.92 Å². The number of carbonyl (C=O) groups is 3. The number of nitro groups is 1. The number of carboxylic acid groups (broad SMARTS) is 1. The van der Waals surface area contributed by atoms with Crippen molar-refractivity contribution in [3.05, 3.63) is 62.2 Å². The molecule has 15 heteroatoms. The van der Waals surface area contributed by atoms with E-state index in [2.05, 4.69) is 0 Å². The van der Waals surface area contributed by atoms with Gasteiger partial charge in [-0.05, 0) is 35.9 Å². The highest BCUT2D eigenvalue weighted by atomic mass is 35.5. The number of ether oxygens (including phenoxy) is 2. The van der Waals surface area contributed by atoms with Crippen molar-refractivity contribution < 1.29 is 47.1 Å². The smallest absolute Gasteiger partial charge is 0.416 e. The number of halogens is 6. The molecule has 0 fully saturated rings. The van der Waals surface area contributed by atoms with Crippen LogP contribution in [0.3, 0.4) is 0 Å². The number of esters is 1. The first-order valence-corrected chi connectivity index (χ1v) is 11.0. The van der Waals surface area contributed by atoms with E-state index in [0.717, 1.165) is 24.3 Å². The Morgan fingerprint density at radius 2 is 1.78 bits per heavy atom. The van der Waals surface area contributed by atoms with Gasteiger partial charge in [0.05, 0.1) is 28.0 Å². The Labute approximate surface area is 216 Å². The summed E-state index contributed by atoms with van der Waals surface area (Å²) in [6.07, 6.45) is -4.74. The molecule has 0 aromatic heterocycles. The summed E-state index contributed by atoms with van der Waals surface area (Å²) in [5, 5.41) is 19.9. The molecule has 0 bridgehead atoms. The number of benzene rings is 2. The Morgan fingerprint density at radius 3 is 2.22 bits per heavy atom. The molecule has 0 atom stereocenters. The molecular formula is C21H17Cl3F3NO8. The maximum absolute atomic E-state index is 12.8. The summed E-state index contributed by atoms with van der Waals surface area (Å²) >= 11 is 15.4. The molecule has 0 unspecified atom stereocenters. The zero-order valence-corrected chi connectivity index (χ0v) is 20.5. The highest BCUT2D eigenvalue weighted by Gasteiger charge is 2.31. The highest BCUT2D eigenvalue weighted by Crippen LogP contribution is 2.38. The van der Waals surface area contributed by atoms with Gasteiger partial charge >= 0.3 is 18.1 Å². The van der Waals surface area contributed by atoms with Gasteiger partial charge in [0.15, 0.2) is 0 Å². The predicted octanol–water partition coefficient (Wildman–Crippen LogP) is 6.24. The van der Waals surface area contributed by atoms with Gasteiger partial charge in [0, 0.05) is 24.5 Å². The Hall–Kier alpha value is -3.09. The summed E-state index contributed by atoms with van der Waals surface area (Å²) in [7, 11) is 0. The molecule has 0 saturated heterocycles. The van der Waals surface area contributed by atoms with E-state index >= 15 is 0 Å². The van der Waals surface area contributed by atoms with Crippen molar-refractivity contribution in [3.63, 3.8) is 0 Å². The van der Waals surface area contributed by atoms with Crippen LogP contribution < -0.4 is 4.74 Å². The molecule has 1 N–H and O–H groups in total. The van der Waals surface area contributed by atoms with Gasteiger partial charge in [0.2, 0.25) is 5.24 Å². The molecule has 196 valence electrons. The standard InChI is InChI=1S/C19H15ClF3NO7.C2H2Cl2O/c1-2-16(25)30-6-5-10-7-12(9-13(18(26)27)17(10)24(28)29)31-15-4-3-11(8-14(15)20)19(21,22)23;3-1-2(4)5/h3-4,7-9H,2,5-6H2,1H3,(H,26,27);1H2. The van der Waals surface area contributed by atoms with Gasteiger partial charge in [-0.15, -0.1) is 11.6 Å². The van der Waals surface area contributed by atoms with Crippen LogP contribution in [0.5, 0.6) is 11.5 Å². The molecule has 2 aromatic carbocycles. The van der Waals surface area contributed by atoms with E-state index in [0.29, 0.717) is 6.07 Å². The number of carbonyl (C=O) groups excluding carboxylic acids is 2. The Kier molecular flexibility index (Phi) is 11.9. The van der Waals surface area contributed by atoms with Crippen LogP contribution in [-0.2, 0) is 26.9 Å². The zero-order valence-electron chi connectivity index (χ0n) is 18.2. The topological polar surface area (TPSA) is 133 Å². The van der Waals surface area contributed by atoms with Crippen molar-refractivity contribution >= 4 is 57.7 Å². The SMILES string of the molecule is CCC(=O)OCCc1cc(Oc2ccc(C(F)(F)F)cc2Cl)cc(C(=O)O)c1[N+](=O)[O-].O=C(Cl)CCl. The maximum atomic E-state index is 12.8. The third kappa shape index (κ3) is 9.51. The minimum absolute atomic E-state index is 0.0814. The van der Waals surface area contributed by atoms with Gasteiger partial charge in [-0.25, -0.2) is 4.79 Å². The van der Waals surface area contributed by atoms with Crippen LogP contribution in [-0.4, -0.2) is 39.7 Å². The maximum Gasteiger partial charge on any atom is 0.416 e. The average Bonchev–Trinajstić information content (AvgIpc) is 2.79. The molecule has 2 aromatic rings. The minimum Gasteiger partial charge on any atom is -0.477 e. The van der Waals surface area contributed by atoms with Crippen molar-refractivity contribution in [2.45, 2.75) is 25.9 Å². The van der Waals surface area contributed by atoms with Crippen molar-refractivity contribution in [1.82, 2.24) is 0 Å². The summed E-state index contributed by atoms with van der Waals surface area (Å²) in [6.45, 7) is 1.30. The normalized spacial score (nSPS) is 10.6. The van der Waals surface area contributed by atoms with Crippen LogP contribution in [0.15, 0.2) is 30.3 Å². The Bertz CT molecular complexity index is 1140. The van der Waals surface area contributed by atoms with Crippen LogP contribution in [0.2, 0.25) is 5.02 Å². The minimum atomic E-state index is -4.63. The number of hydrogen-bond donors (Lipinski definition) is 1. The summed E-state index contributed by atoms with van der Waals surface area (Å²) in [5.74, 6) is -2.70. The molecule has 0 spiro atoms. The monoisotopic (exact) mass is 573 g/mol. The van der Waals surface area contributed by atoms with Crippen molar-refractivity contribution in [3.8, 4) is 11.5 Å². The molecule has 2 rings (SSSR count). The number of carboxylic acids is 1. The lowest BCUT2D eigenvalue weighted by Gasteiger charge is -2.13. The molecule has 0 radical (unpaired) electrons. The van der Waals surface area contributed by atoms with Crippen LogP contribution in [0.4, 0.5) is 18.9 Å². The molecule has 9 nitrogen and oxygen atoms in total. The molecule has 0 heterocycles. The number of rotatable bonds is 9. The first kappa shape index (κ1) is 30.9. The average molecular weight is 575 g/mol. The third-order valence-corrected chi connectivity index (χ3v) is 4.90. The number of nitro benzene ring substituents is 1. The lowest BCUT2D eigenvalue weighted by Crippen LogP contribution is -2.10. The van der Waals surface area contributed by atoms with Gasteiger partial charge in [0.25, 0.3) is 5.69 Å². The summed E-state index contributed by atoms with van der Waals surface area (Å²) in [4.78, 5) is 42.8. The molecule has 0 amide bonds. The van der Waals surface area contributed by atoms with Gasteiger partial charge in [-0.1, -0.05) is 18.5 Å². The first-order valence-electron chi connectivity index (χ1n) is 9.70. The van der Waals surface area contributed by atoms with Gasteiger partial charge < -0.3 is 14.6 Å². The van der Waals surface area contributed by atoms with E-state index in [1.165, 1.54) is 0 Å². The Morgan fingerprint density at radius 1 is 1.17 bits per heavy atom. The van der Waals surface area contributed by atoms with E-state index in [-0.39, 0.29) is 42.4 Å².